The predicted octanol–water partition coefficient (Wildman–Crippen LogP) is 2.89. The van der Waals surface area contributed by atoms with Crippen molar-refractivity contribution in [1.29, 1.82) is 0 Å². The van der Waals surface area contributed by atoms with E-state index < -0.39 is 0 Å². The van der Waals surface area contributed by atoms with Crippen LogP contribution in [0.2, 0.25) is 0 Å². The van der Waals surface area contributed by atoms with Crippen LogP contribution >= 0.6 is 0 Å². The minimum absolute atomic E-state index is 0.711. The van der Waals surface area contributed by atoms with E-state index in [1.165, 1.54) is 45.3 Å². The topological polar surface area (TPSA) is 15.3 Å². The van der Waals surface area contributed by atoms with Crippen molar-refractivity contribution >= 4 is 0 Å². The highest BCUT2D eigenvalue weighted by molar-refractivity contribution is 4.81. The summed E-state index contributed by atoms with van der Waals surface area (Å²) in [7, 11) is 0. The summed E-state index contributed by atoms with van der Waals surface area (Å²) in [6.45, 7) is 13.1. The lowest BCUT2D eigenvalue weighted by atomic mass is 9.97. The Bertz CT molecular complexity index is 172. The van der Waals surface area contributed by atoms with Crippen molar-refractivity contribution < 1.29 is 0 Å². The average Bonchev–Trinajstić information content (AvgIpc) is 2.28. The van der Waals surface area contributed by atoms with Crippen LogP contribution in [0.4, 0.5) is 0 Å². The van der Waals surface area contributed by atoms with Gasteiger partial charge in [-0.25, -0.2) is 0 Å². The molecule has 16 heavy (non-hydrogen) atoms. The minimum Gasteiger partial charge on any atom is -0.311 e. The van der Waals surface area contributed by atoms with E-state index in [0.29, 0.717) is 6.04 Å². The van der Waals surface area contributed by atoms with E-state index in [0.717, 1.165) is 12.0 Å². The molecule has 0 aliphatic carbocycles. The van der Waals surface area contributed by atoms with E-state index in [1.807, 2.05) is 0 Å². The fourth-order valence-electron chi connectivity index (χ4n) is 2.72. The molecule has 0 spiro atoms. The molecule has 0 aromatic heterocycles. The number of nitrogens with zero attached hydrogens (tertiary/aromatic N) is 1. The van der Waals surface area contributed by atoms with Gasteiger partial charge in [0, 0.05) is 12.1 Å². The number of nitrogens with one attached hydrogen (secondary N) is 1. The molecule has 2 heteroatoms. The van der Waals surface area contributed by atoms with Crippen LogP contribution in [-0.4, -0.2) is 36.6 Å². The molecule has 0 aromatic carbocycles. The Morgan fingerprint density at radius 2 is 1.81 bits per heavy atom. The summed E-state index contributed by atoms with van der Waals surface area (Å²) in [6, 6.07) is 1.48. The Morgan fingerprint density at radius 3 is 2.25 bits per heavy atom. The van der Waals surface area contributed by atoms with Gasteiger partial charge in [0.2, 0.25) is 0 Å². The molecule has 1 rings (SSSR count). The SMILES string of the molecule is CCCN1CCC(NC(CC)C(C)C)CC1. The van der Waals surface area contributed by atoms with E-state index in [4.69, 9.17) is 0 Å². The van der Waals surface area contributed by atoms with Crippen molar-refractivity contribution in [3.63, 3.8) is 0 Å². The maximum absolute atomic E-state index is 3.84. The maximum atomic E-state index is 3.84. The van der Waals surface area contributed by atoms with Crippen molar-refractivity contribution in [2.24, 2.45) is 5.92 Å². The van der Waals surface area contributed by atoms with Gasteiger partial charge in [-0.3, -0.25) is 0 Å². The second-order valence-corrected chi connectivity index (χ2v) is 5.54. The molecular weight excluding hydrogens is 196 g/mol. The van der Waals surface area contributed by atoms with Gasteiger partial charge in [-0.1, -0.05) is 27.7 Å². The number of hydrogen-bond donors (Lipinski definition) is 1. The molecule has 1 aliphatic heterocycles. The first kappa shape index (κ1) is 14.0. The van der Waals surface area contributed by atoms with Crippen molar-refractivity contribution in [2.75, 3.05) is 19.6 Å². The monoisotopic (exact) mass is 226 g/mol. The van der Waals surface area contributed by atoms with Crippen LogP contribution in [0.1, 0.15) is 53.4 Å². The largest absolute Gasteiger partial charge is 0.311 e. The Hall–Kier alpha value is -0.0800. The summed E-state index contributed by atoms with van der Waals surface area (Å²) in [5.74, 6) is 0.763. The van der Waals surface area contributed by atoms with Gasteiger partial charge in [0.25, 0.3) is 0 Å². The predicted molar refractivity (Wildman–Crippen MR) is 71.8 cm³/mol. The molecule has 2 nitrogen and oxygen atoms in total. The summed E-state index contributed by atoms with van der Waals surface area (Å²) >= 11 is 0. The number of rotatable bonds is 6. The fraction of sp³-hybridized carbons (Fsp3) is 1.00. The molecular formula is C14H30N2. The third-order valence-electron chi connectivity index (χ3n) is 3.82. The van der Waals surface area contributed by atoms with Gasteiger partial charge in [0.15, 0.2) is 0 Å². The van der Waals surface area contributed by atoms with Crippen LogP contribution in [0.5, 0.6) is 0 Å². The van der Waals surface area contributed by atoms with Crippen molar-refractivity contribution in [1.82, 2.24) is 10.2 Å². The molecule has 0 bridgehead atoms. The van der Waals surface area contributed by atoms with Gasteiger partial charge < -0.3 is 10.2 Å². The highest BCUT2D eigenvalue weighted by atomic mass is 15.1. The Balaban J connectivity index is 2.25. The Morgan fingerprint density at radius 1 is 1.19 bits per heavy atom. The molecule has 1 fully saturated rings. The van der Waals surface area contributed by atoms with Gasteiger partial charge in [-0.05, 0) is 51.2 Å². The second-order valence-electron chi connectivity index (χ2n) is 5.54. The van der Waals surface area contributed by atoms with E-state index in [-0.39, 0.29) is 0 Å². The molecule has 1 atom stereocenters. The molecule has 0 amide bonds. The fourth-order valence-corrected chi connectivity index (χ4v) is 2.72. The highest BCUT2D eigenvalue weighted by Crippen LogP contribution is 2.14. The Kier molecular flexibility index (Phi) is 6.37. The minimum atomic E-state index is 0.711. The molecule has 0 aromatic rings. The summed E-state index contributed by atoms with van der Waals surface area (Å²) in [6.07, 6.45) is 5.22. The highest BCUT2D eigenvalue weighted by Gasteiger charge is 2.21. The summed E-state index contributed by atoms with van der Waals surface area (Å²) < 4.78 is 0. The standard InChI is InChI=1S/C14H30N2/c1-5-9-16-10-7-13(8-11-16)15-14(6-2)12(3)4/h12-15H,5-11H2,1-4H3. The zero-order valence-corrected chi connectivity index (χ0v) is 11.6. The third kappa shape index (κ3) is 4.42. The zero-order valence-electron chi connectivity index (χ0n) is 11.6. The number of hydrogen-bond acceptors (Lipinski definition) is 2. The third-order valence-corrected chi connectivity index (χ3v) is 3.82. The van der Waals surface area contributed by atoms with Crippen LogP contribution in [0.25, 0.3) is 0 Å². The first-order chi connectivity index (χ1) is 7.67. The molecule has 1 saturated heterocycles. The molecule has 1 heterocycles. The van der Waals surface area contributed by atoms with Crippen LogP contribution < -0.4 is 5.32 Å². The smallest absolute Gasteiger partial charge is 0.00941 e. The van der Waals surface area contributed by atoms with Crippen molar-refractivity contribution in [3.05, 3.63) is 0 Å². The lowest BCUT2D eigenvalue weighted by Crippen LogP contribution is -2.47. The van der Waals surface area contributed by atoms with Crippen LogP contribution in [0.3, 0.4) is 0 Å². The van der Waals surface area contributed by atoms with Gasteiger partial charge in [-0.15, -0.1) is 0 Å². The van der Waals surface area contributed by atoms with Crippen molar-refractivity contribution in [3.8, 4) is 0 Å². The lowest BCUT2D eigenvalue weighted by molar-refractivity contribution is 0.183. The molecule has 1 aliphatic rings. The van der Waals surface area contributed by atoms with E-state index in [2.05, 4.69) is 37.9 Å². The number of piperidine rings is 1. The first-order valence-electron chi connectivity index (χ1n) is 7.15. The van der Waals surface area contributed by atoms with Crippen LogP contribution in [0.15, 0.2) is 0 Å². The number of likely N-dealkylation sites (tertiary alicyclic amines) is 1. The summed E-state index contributed by atoms with van der Waals surface area (Å²) in [4.78, 5) is 2.61. The van der Waals surface area contributed by atoms with Gasteiger partial charge in [0.05, 0.1) is 0 Å². The lowest BCUT2D eigenvalue weighted by Gasteiger charge is -2.35. The van der Waals surface area contributed by atoms with E-state index in [1.54, 1.807) is 0 Å². The van der Waals surface area contributed by atoms with Crippen LogP contribution in [0, 0.1) is 5.92 Å². The molecule has 1 N–H and O–H groups in total. The van der Waals surface area contributed by atoms with E-state index in [9.17, 15) is 0 Å². The second kappa shape index (κ2) is 7.29. The summed E-state index contributed by atoms with van der Waals surface area (Å²) in [5, 5.41) is 3.84. The molecule has 0 radical (unpaired) electrons. The molecule has 1 unspecified atom stereocenters. The van der Waals surface area contributed by atoms with Gasteiger partial charge >= 0.3 is 0 Å². The van der Waals surface area contributed by atoms with Gasteiger partial charge in [0.1, 0.15) is 0 Å². The quantitative estimate of drug-likeness (QED) is 0.749. The first-order valence-corrected chi connectivity index (χ1v) is 7.15. The molecule has 0 saturated carbocycles. The summed E-state index contributed by atoms with van der Waals surface area (Å²) in [5.41, 5.74) is 0. The average molecular weight is 226 g/mol. The van der Waals surface area contributed by atoms with E-state index >= 15 is 0 Å². The van der Waals surface area contributed by atoms with Crippen LogP contribution in [-0.2, 0) is 0 Å². The Labute approximate surface area is 102 Å². The zero-order chi connectivity index (χ0) is 12.0. The van der Waals surface area contributed by atoms with Crippen molar-refractivity contribution in [2.45, 2.75) is 65.5 Å². The maximum Gasteiger partial charge on any atom is 0.00941 e. The molecule has 96 valence electrons. The van der Waals surface area contributed by atoms with Gasteiger partial charge in [-0.2, -0.15) is 0 Å². The normalized spacial score (nSPS) is 21.6.